The highest BCUT2D eigenvalue weighted by Gasteiger charge is 2.22. The van der Waals surface area contributed by atoms with Crippen LogP contribution in [0.25, 0.3) is 0 Å². The van der Waals surface area contributed by atoms with E-state index in [1.165, 1.54) is 18.3 Å². The van der Waals surface area contributed by atoms with Gasteiger partial charge in [-0.05, 0) is 24.6 Å². The van der Waals surface area contributed by atoms with E-state index in [1.807, 2.05) is 0 Å². The molecule has 2 rings (SSSR count). The first-order valence-corrected chi connectivity index (χ1v) is 6.04. The summed E-state index contributed by atoms with van der Waals surface area (Å²) < 4.78 is 0. The molecular weight excluding hydrogens is 282 g/mol. The molecule has 102 valence electrons. The van der Waals surface area contributed by atoms with Crippen LogP contribution in [-0.4, -0.2) is 15.8 Å². The maximum atomic E-state index is 12.2. The lowest BCUT2D eigenvalue weighted by molar-refractivity contribution is -0.385. The second kappa shape index (κ2) is 5.66. The highest BCUT2D eigenvalue weighted by atomic mass is 35.5. The Morgan fingerprint density at radius 3 is 2.75 bits per heavy atom. The lowest BCUT2D eigenvalue weighted by Gasteiger charge is -2.08. The van der Waals surface area contributed by atoms with Crippen molar-refractivity contribution in [2.75, 3.05) is 5.32 Å². The summed E-state index contributed by atoms with van der Waals surface area (Å²) in [7, 11) is 0. The lowest BCUT2D eigenvalue weighted by atomic mass is 10.1. The molecule has 1 aromatic carbocycles. The summed E-state index contributed by atoms with van der Waals surface area (Å²) in [4.78, 5) is 26.5. The van der Waals surface area contributed by atoms with Crippen LogP contribution in [0, 0.1) is 17.0 Å². The third kappa shape index (κ3) is 2.75. The number of nitrogens with zero attached hydrogens (tertiary/aromatic N) is 2. The minimum absolute atomic E-state index is 0.000722. The fraction of sp³-hybridized carbons (Fsp3) is 0.0769. The molecule has 0 aliphatic heterocycles. The number of rotatable bonds is 3. The van der Waals surface area contributed by atoms with Crippen LogP contribution >= 0.6 is 11.6 Å². The van der Waals surface area contributed by atoms with Gasteiger partial charge in [-0.2, -0.15) is 0 Å². The van der Waals surface area contributed by atoms with E-state index in [4.69, 9.17) is 11.6 Å². The normalized spacial score (nSPS) is 10.1. The molecule has 7 heteroatoms. The molecule has 1 heterocycles. The zero-order valence-electron chi connectivity index (χ0n) is 10.5. The van der Waals surface area contributed by atoms with Gasteiger partial charge in [-0.1, -0.05) is 23.7 Å². The maximum Gasteiger partial charge on any atom is 0.282 e. The molecule has 0 bridgehead atoms. The van der Waals surface area contributed by atoms with E-state index in [-0.39, 0.29) is 22.1 Å². The SMILES string of the molecule is Cc1cccc([N+](=O)[O-])c1C(=O)Nc1ncccc1Cl. The van der Waals surface area contributed by atoms with E-state index in [1.54, 1.807) is 25.1 Å². The summed E-state index contributed by atoms with van der Waals surface area (Å²) in [6, 6.07) is 7.62. The molecule has 1 aromatic heterocycles. The number of halogens is 1. The van der Waals surface area contributed by atoms with Crippen LogP contribution in [0.2, 0.25) is 5.02 Å². The zero-order valence-corrected chi connectivity index (χ0v) is 11.2. The predicted octanol–water partition coefficient (Wildman–Crippen LogP) is 3.20. The molecule has 1 amide bonds. The lowest BCUT2D eigenvalue weighted by Crippen LogP contribution is -2.16. The Labute approximate surface area is 119 Å². The fourth-order valence-electron chi connectivity index (χ4n) is 1.75. The topological polar surface area (TPSA) is 85.1 Å². The van der Waals surface area contributed by atoms with Crippen LogP contribution in [0.15, 0.2) is 36.5 Å². The van der Waals surface area contributed by atoms with Crippen molar-refractivity contribution in [3.63, 3.8) is 0 Å². The number of aryl methyl sites for hydroxylation is 1. The smallest absolute Gasteiger partial charge is 0.282 e. The molecule has 0 aliphatic carbocycles. The molecule has 20 heavy (non-hydrogen) atoms. The molecule has 0 unspecified atom stereocenters. The van der Waals surface area contributed by atoms with Crippen molar-refractivity contribution in [1.29, 1.82) is 0 Å². The Hall–Kier alpha value is -2.47. The van der Waals surface area contributed by atoms with E-state index in [0.29, 0.717) is 5.56 Å². The number of nitro groups is 1. The van der Waals surface area contributed by atoms with E-state index >= 15 is 0 Å². The molecule has 0 fully saturated rings. The number of carbonyl (C=O) groups excluding carboxylic acids is 1. The second-order valence-electron chi connectivity index (χ2n) is 4.01. The molecular formula is C13H10ClN3O3. The van der Waals surface area contributed by atoms with Crippen molar-refractivity contribution in [3.05, 3.63) is 62.8 Å². The van der Waals surface area contributed by atoms with Crippen molar-refractivity contribution < 1.29 is 9.72 Å². The summed E-state index contributed by atoms with van der Waals surface area (Å²) in [5, 5.41) is 13.7. The average molecular weight is 292 g/mol. The van der Waals surface area contributed by atoms with Gasteiger partial charge in [0, 0.05) is 12.3 Å². The van der Waals surface area contributed by atoms with E-state index in [0.717, 1.165) is 0 Å². The van der Waals surface area contributed by atoms with Crippen LogP contribution in [0.5, 0.6) is 0 Å². The fourth-order valence-corrected chi connectivity index (χ4v) is 1.92. The van der Waals surface area contributed by atoms with Crippen LogP contribution in [-0.2, 0) is 0 Å². The third-order valence-corrected chi connectivity index (χ3v) is 2.97. The predicted molar refractivity (Wildman–Crippen MR) is 75.0 cm³/mol. The summed E-state index contributed by atoms with van der Waals surface area (Å²) in [5.41, 5.74) is 0.248. The minimum Gasteiger partial charge on any atom is -0.305 e. The second-order valence-corrected chi connectivity index (χ2v) is 4.42. The Morgan fingerprint density at radius 2 is 2.10 bits per heavy atom. The van der Waals surface area contributed by atoms with Crippen molar-refractivity contribution in [2.45, 2.75) is 6.92 Å². The Balaban J connectivity index is 2.40. The Kier molecular flexibility index (Phi) is 3.95. The number of benzene rings is 1. The Bertz CT molecular complexity index is 688. The van der Waals surface area contributed by atoms with Crippen LogP contribution < -0.4 is 5.32 Å². The molecule has 0 saturated heterocycles. The van der Waals surface area contributed by atoms with E-state index < -0.39 is 10.8 Å². The molecule has 0 saturated carbocycles. The molecule has 0 spiro atoms. The third-order valence-electron chi connectivity index (χ3n) is 2.66. The van der Waals surface area contributed by atoms with Crippen LogP contribution in [0.1, 0.15) is 15.9 Å². The largest absolute Gasteiger partial charge is 0.305 e. The van der Waals surface area contributed by atoms with E-state index in [9.17, 15) is 14.9 Å². The molecule has 6 nitrogen and oxygen atoms in total. The number of amides is 1. The van der Waals surface area contributed by atoms with Gasteiger partial charge < -0.3 is 5.32 Å². The van der Waals surface area contributed by atoms with Crippen molar-refractivity contribution >= 4 is 29.0 Å². The number of hydrogen-bond donors (Lipinski definition) is 1. The summed E-state index contributed by atoms with van der Waals surface area (Å²) in [6.45, 7) is 1.63. The number of hydrogen-bond acceptors (Lipinski definition) is 4. The van der Waals surface area contributed by atoms with Crippen LogP contribution in [0.4, 0.5) is 11.5 Å². The minimum atomic E-state index is -0.615. The summed E-state index contributed by atoms with van der Waals surface area (Å²) in [6.07, 6.45) is 1.47. The summed E-state index contributed by atoms with van der Waals surface area (Å²) in [5.74, 6) is -0.452. The first-order valence-electron chi connectivity index (χ1n) is 5.66. The first-order chi connectivity index (χ1) is 9.50. The number of anilines is 1. The van der Waals surface area contributed by atoms with Gasteiger partial charge in [0.05, 0.1) is 9.95 Å². The Morgan fingerprint density at radius 1 is 1.35 bits per heavy atom. The van der Waals surface area contributed by atoms with Gasteiger partial charge in [0.25, 0.3) is 11.6 Å². The maximum absolute atomic E-state index is 12.2. The van der Waals surface area contributed by atoms with Gasteiger partial charge in [0.1, 0.15) is 5.56 Å². The number of aromatic nitrogens is 1. The van der Waals surface area contributed by atoms with Crippen molar-refractivity contribution in [3.8, 4) is 0 Å². The number of nitrogens with one attached hydrogen (secondary N) is 1. The van der Waals surface area contributed by atoms with Gasteiger partial charge in [0.15, 0.2) is 5.82 Å². The highest BCUT2D eigenvalue weighted by molar-refractivity contribution is 6.33. The van der Waals surface area contributed by atoms with Crippen molar-refractivity contribution in [2.24, 2.45) is 0 Å². The number of carbonyl (C=O) groups is 1. The molecule has 0 aliphatic rings. The summed E-state index contributed by atoms with van der Waals surface area (Å²) >= 11 is 5.89. The van der Waals surface area contributed by atoms with Gasteiger partial charge in [-0.3, -0.25) is 14.9 Å². The first kappa shape index (κ1) is 14.0. The standard InChI is InChI=1S/C13H10ClN3O3/c1-8-4-2-6-10(17(19)20)11(8)13(18)16-12-9(14)5-3-7-15-12/h2-7H,1H3,(H,15,16,18). The number of nitro benzene ring substituents is 1. The highest BCUT2D eigenvalue weighted by Crippen LogP contribution is 2.24. The van der Waals surface area contributed by atoms with Gasteiger partial charge in [-0.25, -0.2) is 4.98 Å². The van der Waals surface area contributed by atoms with Gasteiger partial charge in [-0.15, -0.1) is 0 Å². The van der Waals surface area contributed by atoms with Gasteiger partial charge >= 0.3 is 0 Å². The zero-order chi connectivity index (χ0) is 14.7. The molecule has 1 N–H and O–H groups in total. The van der Waals surface area contributed by atoms with Crippen LogP contribution in [0.3, 0.4) is 0 Å². The molecule has 0 atom stereocenters. The monoisotopic (exact) mass is 291 g/mol. The average Bonchev–Trinajstić information content (AvgIpc) is 2.40. The van der Waals surface area contributed by atoms with Crippen molar-refractivity contribution in [1.82, 2.24) is 4.98 Å². The number of pyridine rings is 1. The molecule has 0 radical (unpaired) electrons. The quantitative estimate of drug-likeness (QED) is 0.695. The van der Waals surface area contributed by atoms with Gasteiger partial charge in [0.2, 0.25) is 0 Å². The van der Waals surface area contributed by atoms with E-state index in [2.05, 4.69) is 10.3 Å². The molecule has 2 aromatic rings.